The first-order chi connectivity index (χ1) is 14.1. The molecule has 1 atom stereocenters. The first-order valence-corrected chi connectivity index (χ1v) is 9.63. The van der Waals surface area contributed by atoms with Crippen LogP contribution in [0.4, 0.5) is 11.4 Å². The molecule has 3 N–H and O–H groups in total. The molecule has 0 bridgehead atoms. The lowest BCUT2D eigenvalue weighted by molar-refractivity contribution is -0.881. The van der Waals surface area contributed by atoms with Gasteiger partial charge in [-0.2, -0.15) is 0 Å². The SMILES string of the molecule is CC[NH+](CC(=O)Nc1cccc(OC)c1)CC(=O)Nc1ccc2ccccc2c1. The summed E-state index contributed by atoms with van der Waals surface area (Å²) in [6.07, 6.45) is 0. The molecule has 6 heteroatoms. The van der Waals surface area contributed by atoms with Gasteiger partial charge in [-0.3, -0.25) is 9.59 Å². The van der Waals surface area contributed by atoms with Gasteiger partial charge >= 0.3 is 0 Å². The van der Waals surface area contributed by atoms with Crippen LogP contribution in [0.25, 0.3) is 10.8 Å². The van der Waals surface area contributed by atoms with E-state index in [9.17, 15) is 9.59 Å². The molecule has 3 aromatic rings. The van der Waals surface area contributed by atoms with Crippen LogP contribution in [0, 0.1) is 0 Å². The molecule has 0 heterocycles. The van der Waals surface area contributed by atoms with E-state index in [1.165, 1.54) is 0 Å². The number of quaternary nitrogens is 1. The third-order valence-electron chi connectivity index (χ3n) is 4.71. The Labute approximate surface area is 170 Å². The summed E-state index contributed by atoms with van der Waals surface area (Å²) in [7, 11) is 1.58. The van der Waals surface area contributed by atoms with Crippen LogP contribution in [0.15, 0.2) is 66.7 Å². The van der Waals surface area contributed by atoms with Gasteiger partial charge in [-0.05, 0) is 42.0 Å². The fourth-order valence-electron chi connectivity index (χ4n) is 3.14. The van der Waals surface area contributed by atoms with Gasteiger partial charge in [0.2, 0.25) is 0 Å². The van der Waals surface area contributed by atoms with Gasteiger partial charge in [0.25, 0.3) is 11.8 Å². The Balaban J connectivity index is 1.55. The molecule has 2 amide bonds. The highest BCUT2D eigenvalue weighted by molar-refractivity contribution is 5.95. The fraction of sp³-hybridized carbons (Fsp3) is 0.217. The lowest BCUT2D eigenvalue weighted by Gasteiger charge is -2.17. The number of hydrogen-bond donors (Lipinski definition) is 3. The molecule has 0 aliphatic rings. The number of likely N-dealkylation sites (N-methyl/N-ethyl adjacent to an activating group) is 1. The second-order valence-corrected chi connectivity index (χ2v) is 6.85. The number of amides is 2. The minimum Gasteiger partial charge on any atom is -0.497 e. The van der Waals surface area contributed by atoms with Gasteiger partial charge in [-0.25, -0.2) is 0 Å². The van der Waals surface area contributed by atoms with Crippen LogP contribution in [0.5, 0.6) is 5.75 Å². The van der Waals surface area contributed by atoms with Gasteiger partial charge in [0.15, 0.2) is 13.1 Å². The first kappa shape index (κ1) is 20.4. The zero-order valence-corrected chi connectivity index (χ0v) is 16.7. The number of benzene rings is 3. The van der Waals surface area contributed by atoms with Crippen molar-refractivity contribution in [2.75, 3.05) is 37.4 Å². The second-order valence-electron chi connectivity index (χ2n) is 6.85. The molecule has 1 unspecified atom stereocenters. The van der Waals surface area contributed by atoms with Crippen LogP contribution >= 0.6 is 0 Å². The van der Waals surface area contributed by atoms with E-state index in [4.69, 9.17) is 4.74 Å². The third-order valence-corrected chi connectivity index (χ3v) is 4.71. The largest absolute Gasteiger partial charge is 0.497 e. The topological polar surface area (TPSA) is 71.9 Å². The predicted molar refractivity (Wildman–Crippen MR) is 115 cm³/mol. The molecule has 29 heavy (non-hydrogen) atoms. The molecule has 0 saturated heterocycles. The molecular formula is C23H26N3O3+. The van der Waals surface area contributed by atoms with E-state index in [0.29, 0.717) is 18.0 Å². The van der Waals surface area contributed by atoms with Crippen molar-refractivity contribution in [2.24, 2.45) is 0 Å². The Kier molecular flexibility index (Phi) is 6.81. The molecule has 0 aromatic heterocycles. The normalized spacial score (nSPS) is 11.7. The number of ether oxygens (including phenoxy) is 1. The summed E-state index contributed by atoms with van der Waals surface area (Å²) >= 11 is 0. The highest BCUT2D eigenvalue weighted by Gasteiger charge is 2.17. The van der Waals surface area contributed by atoms with Crippen LogP contribution in [0.2, 0.25) is 0 Å². The number of rotatable bonds is 8. The quantitative estimate of drug-likeness (QED) is 0.551. The van der Waals surface area contributed by atoms with Crippen LogP contribution in [-0.4, -0.2) is 38.6 Å². The summed E-state index contributed by atoms with van der Waals surface area (Å²) in [6.45, 7) is 3.04. The Bertz CT molecular complexity index is 1000. The minimum atomic E-state index is -0.145. The van der Waals surface area contributed by atoms with Crippen LogP contribution in [-0.2, 0) is 9.59 Å². The van der Waals surface area contributed by atoms with Crippen molar-refractivity contribution < 1.29 is 19.2 Å². The van der Waals surface area contributed by atoms with E-state index in [2.05, 4.69) is 10.6 Å². The summed E-state index contributed by atoms with van der Waals surface area (Å²) in [5.74, 6) is 0.414. The Hall–Kier alpha value is -3.38. The molecule has 3 aromatic carbocycles. The van der Waals surface area contributed by atoms with Crippen molar-refractivity contribution in [1.29, 1.82) is 0 Å². The second kappa shape index (κ2) is 9.71. The number of hydrogen-bond acceptors (Lipinski definition) is 3. The van der Waals surface area contributed by atoms with E-state index in [1.807, 2.05) is 61.5 Å². The van der Waals surface area contributed by atoms with Crippen LogP contribution in [0.1, 0.15) is 6.92 Å². The van der Waals surface area contributed by atoms with E-state index in [0.717, 1.165) is 21.4 Å². The summed E-state index contributed by atoms with van der Waals surface area (Å²) in [6, 6.07) is 21.0. The summed E-state index contributed by atoms with van der Waals surface area (Å²) in [4.78, 5) is 25.7. The molecule has 150 valence electrons. The van der Waals surface area contributed by atoms with Gasteiger partial charge in [0, 0.05) is 17.4 Å². The Morgan fingerprint density at radius 1 is 0.828 bits per heavy atom. The number of anilines is 2. The molecule has 0 spiro atoms. The minimum absolute atomic E-state index is 0.119. The van der Waals surface area contributed by atoms with Gasteiger partial charge in [0.05, 0.1) is 13.7 Å². The standard InChI is InChI=1S/C23H25N3O3/c1-3-26(15-22(27)24-19-9-6-10-21(14-19)29-2)16-23(28)25-20-12-11-17-7-4-5-8-18(17)13-20/h4-14H,3,15-16H2,1-2H3,(H,24,27)(H,25,28)/p+1. The lowest BCUT2D eigenvalue weighted by atomic mass is 10.1. The number of fused-ring (bicyclic) bond motifs is 1. The molecule has 0 radical (unpaired) electrons. The Morgan fingerprint density at radius 3 is 2.14 bits per heavy atom. The number of nitrogens with one attached hydrogen (secondary N) is 3. The molecule has 0 fully saturated rings. The maximum absolute atomic E-state index is 12.5. The summed E-state index contributed by atoms with van der Waals surface area (Å²) in [5.41, 5.74) is 1.43. The van der Waals surface area contributed by atoms with Crippen molar-refractivity contribution in [3.63, 3.8) is 0 Å². The van der Waals surface area contributed by atoms with Gasteiger partial charge in [0.1, 0.15) is 5.75 Å². The molecule has 0 aliphatic heterocycles. The van der Waals surface area contributed by atoms with Crippen molar-refractivity contribution in [3.8, 4) is 5.75 Å². The molecule has 0 aliphatic carbocycles. The third kappa shape index (κ3) is 5.80. The molecule has 3 rings (SSSR count). The highest BCUT2D eigenvalue weighted by atomic mass is 16.5. The number of carbonyl (C=O) groups is 2. The van der Waals surface area contributed by atoms with Crippen molar-refractivity contribution in [3.05, 3.63) is 66.7 Å². The molecule has 6 nitrogen and oxygen atoms in total. The Morgan fingerprint density at radius 2 is 1.48 bits per heavy atom. The maximum Gasteiger partial charge on any atom is 0.279 e. The highest BCUT2D eigenvalue weighted by Crippen LogP contribution is 2.18. The zero-order chi connectivity index (χ0) is 20.6. The number of carbonyl (C=O) groups excluding carboxylic acids is 2. The maximum atomic E-state index is 12.5. The van der Waals surface area contributed by atoms with E-state index >= 15 is 0 Å². The lowest BCUT2D eigenvalue weighted by Crippen LogP contribution is -3.13. The smallest absolute Gasteiger partial charge is 0.279 e. The van der Waals surface area contributed by atoms with Crippen molar-refractivity contribution >= 4 is 34.0 Å². The first-order valence-electron chi connectivity index (χ1n) is 9.63. The number of methoxy groups -OCH3 is 1. The molecule has 0 saturated carbocycles. The van der Waals surface area contributed by atoms with E-state index < -0.39 is 0 Å². The van der Waals surface area contributed by atoms with E-state index in [-0.39, 0.29) is 24.9 Å². The van der Waals surface area contributed by atoms with Crippen LogP contribution in [0.3, 0.4) is 0 Å². The van der Waals surface area contributed by atoms with Crippen molar-refractivity contribution in [2.45, 2.75) is 6.92 Å². The average molecular weight is 392 g/mol. The van der Waals surface area contributed by atoms with Crippen LogP contribution < -0.4 is 20.3 Å². The summed E-state index contributed by atoms with van der Waals surface area (Å²) < 4.78 is 5.17. The molecular weight excluding hydrogens is 366 g/mol. The van der Waals surface area contributed by atoms with Gasteiger partial charge < -0.3 is 20.3 Å². The predicted octanol–water partition coefficient (Wildman–Crippen LogP) is 2.33. The average Bonchev–Trinajstić information content (AvgIpc) is 2.73. The summed E-state index contributed by atoms with van der Waals surface area (Å²) in [5, 5.41) is 7.98. The van der Waals surface area contributed by atoms with Gasteiger partial charge in [-0.15, -0.1) is 0 Å². The van der Waals surface area contributed by atoms with Gasteiger partial charge in [-0.1, -0.05) is 36.4 Å². The fourth-order valence-corrected chi connectivity index (χ4v) is 3.14. The van der Waals surface area contributed by atoms with Crippen molar-refractivity contribution in [1.82, 2.24) is 0 Å². The zero-order valence-electron chi connectivity index (χ0n) is 16.7. The monoisotopic (exact) mass is 392 g/mol. The van der Waals surface area contributed by atoms with E-state index in [1.54, 1.807) is 19.2 Å².